The van der Waals surface area contributed by atoms with Gasteiger partial charge < -0.3 is 9.47 Å². The van der Waals surface area contributed by atoms with Gasteiger partial charge in [-0.25, -0.2) is 0 Å². The lowest BCUT2D eigenvalue weighted by Crippen LogP contribution is -2.34. The molecule has 144 valence electrons. The van der Waals surface area contributed by atoms with E-state index in [2.05, 4.69) is 44.7 Å². The topological polar surface area (TPSA) is 21.7 Å². The van der Waals surface area contributed by atoms with Crippen LogP contribution in [0.2, 0.25) is 0 Å². The molecule has 3 nitrogen and oxygen atoms in total. The molecular formula is C21H37NO2S. The summed E-state index contributed by atoms with van der Waals surface area (Å²) >= 11 is 1.92. The highest BCUT2D eigenvalue weighted by molar-refractivity contribution is 7.99. The first-order valence-electron chi connectivity index (χ1n) is 9.80. The first kappa shape index (κ1) is 22.3. The highest BCUT2D eigenvalue weighted by atomic mass is 32.2. The van der Waals surface area contributed by atoms with E-state index in [4.69, 9.17) is 9.47 Å². The van der Waals surface area contributed by atoms with Crippen molar-refractivity contribution in [2.24, 2.45) is 0 Å². The van der Waals surface area contributed by atoms with Crippen LogP contribution in [0.25, 0.3) is 0 Å². The van der Waals surface area contributed by atoms with Crippen molar-refractivity contribution < 1.29 is 9.47 Å². The quantitative estimate of drug-likeness (QED) is 0.388. The number of nitrogens with zero attached hydrogens (tertiary/aromatic N) is 1. The predicted molar refractivity (Wildman–Crippen MR) is 111 cm³/mol. The summed E-state index contributed by atoms with van der Waals surface area (Å²) in [5.41, 5.74) is 1.25. The molecule has 0 N–H and O–H groups in total. The second-order valence-electron chi connectivity index (χ2n) is 6.53. The molecule has 1 aromatic rings. The largest absolute Gasteiger partial charge is 0.491 e. The third-order valence-electron chi connectivity index (χ3n) is 4.11. The van der Waals surface area contributed by atoms with Gasteiger partial charge in [-0.3, -0.25) is 4.90 Å². The number of hydrogen-bond donors (Lipinski definition) is 0. The fraction of sp³-hybridized carbons (Fsp3) is 0.714. The predicted octanol–water partition coefficient (Wildman–Crippen LogP) is 5.37. The Hall–Kier alpha value is -0.710. The molecule has 0 heterocycles. The van der Waals surface area contributed by atoms with E-state index in [1.807, 2.05) is 23.9 Å². The van der Waals surface area contributed by atoms with Crippen LogP contribution >= 0.6 is 11.8 Å². The number of rotatable bonds is 15. The van der Waals surface area contributed by atoms with Gasteiger partial charge in [0.25, 0.3) is 0 Å². The average molecular weight is 368 g/mol. The van der Waals surface area contributed by atoms with Crippen LogP contribution in [0.15, 0.2) is 24.3 Å². The van der Waals surface area contributed by atoms with E-state index in [9.17, 15) is 0 Å². The number of aryl methyl sites for hydroxylation is 1. The molecule has 0 saturated carbocycles. The van der Waals surface area contributed by atoms with Crippen LogP contribution in [0.1, 0.15) is 52.0 Å². The van der Waals surface area contributed by atoms with Crippen LogP contribution in [0.4, 0.5) is 0 Å². The average Bonchev–Trinajstić information content (AvgIpc) is 2.63. The Labute approximate surface area is 159 Å². The van der Waals surface area contributed by atoms with Crippen molar-refractivity contribution in [3.63, 3.8) is 0 Å². The lowest BCUT2D eigenvalue weighted by Gasteiger charge is -2.25. The first-order chi connectivity index (χ1) is 12.2. The van der Waals surface area contributed by atoms with Gasteiger partial charge in [0.2, 0.25) is 0 Å². The van der Waals surface area contributed by atoms with Crippen LogP contribution in [0.5, 0.6) is 5.75 Å². The second-order valence-corrected chi connectivity index (χ2v) is 7.85. The number of hydrogen-bond acceptors (Lipinski definition) is 4. The van der Waals surface area contributed by atoms with Crippen molar-refractivity contribution in [2.45, 2.75) is 59.5 Å². The zero-order valence-electron chi connectivity index (χ0n) is 16.6. The van der Waals surface area contributed by atoms with Crippen molar-refractivity contribution in [2.75, 3.05) is 37.9 Å². The maximum atomic E-state index is 6.23. The Bertz CT molecular complexity index is 416. The van der Waals surface area contributed by atoms with Crippen LogP contribution in [-0.4, -0.2) is 48.9 Å². The third-order valence-corrected chi connectivity index (χ3v) is 5.13. The molecule has 0 saturated heterocycles. The number of thioether (sulfide) groups is 1. The molecule has 1 atom stereocenters. The van der Waals surface area contributed by atoms with Crippen molar-refractivity contribution in [1.82, 2.24) is 4.90 Å². The van der Waals surface area contributed by atoms with Gasteiger partial charge >= 0.3 is 0 Å². The van der Waals surface area contributed by atoms with Gasteiger partial charge in [-0.2, -0.15) is 11.8 Å². The van der Waals surface area contributed by atoms with E-state index in [0.29, 0.717) is 13.3 Å². The van der Waals surface area contributed by atoms with Crippen LogP contribution in [-0.2, 0) is 4.74 Å². The molecule has 0 aliphatic heterocycles. The van der Waals surface area contributed by atoms with E-state index >= 15 is 0 Å². The number of benzene rings is 1. The highest BCUT2D eigenvalue weighted by Crippen LogP contribution is 2.14. The standard InChI is InChI=1S/C21H37NO2S/c1-5-8-14-22(15-9-6-2)18-24-21(17-25-7-3)16-23-20-12-10-19(4)11-13-20/h10-13,21H,5-9,14-18H2,1-4H3. The zero-order valence-corrected chi connectivity index (χ0v) is 17.4. The number of unbranched alkanes of at least 4 members (excludes halogenated alkanes) is 2. The molecule has 0 aliphatic rings. The lowest BCUT2D eigenvalue weighted by atomic mass is 10.2. The van der Waals surface area contributed by atoms with Gasteiger partial charge in [-0.1, -0.05) is 51.3 Å². The van der Waals surface area contributed by atoms with E-state index in [1.165, 1.54) is 31.2 Å². The highest BCUT2D eigenvalue weighted by Gasteiger charge is 2.13. The van der Waals surface area contributed by atoms with Crippen molar-refractivity contribution in [3.8, 4) is 5.75 Å². The normalized spacial score (nSPS) is 12.5. The van der Waals surface area contributed by atoms with Gasteiger partial charge in [-0.05, 0) is 37.7 Å². The zero-order chi connectivity index (χ0) is 18.3. The minimum Gasteiger partial charge on any atom is -0.491 e. The Morgan fingerprint density at radius 2 is 1.64 bits per heavy atom. The summed E-state index contributed by atoms with van der Waals surface area (Å²) in [5, 5.41) is 0. The fourth-order valence-electron chi connectivity index (χ4n) is 2.43. The van der Waals surface area contributed by atoms with E-state index in [-0.39, 0.29) is 6.10 Å². The van der Waals surface area contributed by atoms with Gasteiger partial charge in [-0.15, -0.1) is 0 Å². The summed E-state index contributed by atoms with van der Waals surface area (Å²) in [4.78, 5) is 2.45. The summed E-state index contributed by atoms with van der Waals surface area (Å²) < 4.78 is 12.2. The van der Waals surface area contributed by atoms with Gasteiger partial charge in [0, 0.05) is 18.8 Å². The van der Waals surface area contributed by atoms with Gasteiger partial charge in [0.1, 0.15) is 18.5 Å². The smallest absolute Gasteiger partial charge is 0.119 e. The fourth-order valence-corrected chi connectivity index (χ4v) is 3.12. The van der Waals surface area contributed by atoms with Crippen molar-refractivity contribution in [3.05, 3.63) is 29.8 Å². The number of ether oxygens (including phenoxy) is 2. The van der Waals surface area contributed by atoms with Crippen LogP contribution in [0.3, 0.4) is 0 Å². The van der Waals surface area contributed by atoms with E-state index in [0.717, 1.165) is 30.3 Å². The molecule has 4 heteroatoms. The Morgan fingerprint density at radius 3 is 2.20 bits per heavy atom. The summed E-state index contributed by atoms with van der Waals surface area (Å²) in [7, 11) is 0. The van der Waals surface area contributed by atoms with Crippen LogP contribution < -0.4 is 4.74 Å². The van der Waals surface area contributed by atoms with E-state index < -0.39 is 0 Å². The van der Waals surface area contributed by atoms with E-state index in [1.54, 1.807) is 0 Å². The molecule has 0 spiro atoms. The molecular weight excluding hydrogens is 330 g/mol. The minimum absolute atomic E-state index is 0.136. The molecule has 0 amide bonds. The molecule has 0 bridgehead atoms. The molecule has 0 aromatic heterocycles. The summed E-state index contributed by atoms with van der Waals surface area (Å²) in [5.74, 6) is 3.02. The molecule has 0 aliphatic carbocycles. The van der Waals surface area contributed by atoms with Crippen molar-refractivity contribution in [1.29, 1.82) is 0 Å². The first-order valence-corrected chi connectivity index (χ1v) is 11.0. The van der Waals surface area contributed by atoms with Gasteiger partial charge in [0.15, 0.2) is 0 Å². The molecule has 1 aromatic carbocycles. The van der Waals surface area contributed by atoms with Gasteiger partial charge in [0.05, 0.1) is 6.73 Å². The molecule has 1 rings (SSSR count). The maximum Gasteiger partial charge on any atom is 0.119 e. The Balaban J connectivity index is 2.47. The molecule has 0 radical (unpaired) electrons. The minimum atomic E-state index is 0.136. The van der Waals surface area contributed by atoms with Crippen molar-refractivity contribution >= 4 is 11.8 Å². The van der Waals surface area contributed by atoms with Crippen LogP contribution in [0, 0.1) is 6.92 Å². The third kappa shape index (κ3) is 10.8. The summed E-state index contributed by atoms with van der Waals surface area (Å²) in [6.07, 6.45) is 5.07. The Morgan fingerprint density at radius 1 is 1.00 bits per heavy atom. The summed E-state index contributed by atoms with van der Waals surface area (Å²) in [6.45, 7) is 12.4. The molecule has 25 heavy (non-hydrogen) atoms. The summed E-state index contributed by atoms with van der Waals surface area (Å²) in [6, 6.07) is 8.24. The molecule has 0 fully saturated rings. The molecule has 1 unspecified atom stereocenters. The maximum absolute atomic E-state index is 6.23. The monoisotopic (exact) mass is 367 g/mol. The Kier molecular flexibility index (Phi) is 12.9. The second kappa shape index (κ2) is 14.5. The lowest BCUT2D eigenvalue weighted by molar-refractivity contribution is -0.0305. The SMILES string of the molecule is CCCCN(CCCC)COC(COc1ccc(C)cc1)CSCC.